The number of ether oxygens (including phenoxy) is 2. The average molecular weight is 449 g/mol. The molecule has 2 aliphatic heterocycles. The summed E-state index contributed by atoms with van der Waals surface area (Å²) in [5, 5.41) is 1.95. The molecule has 1 amide bonds. The third kappa shape index (κ3) is 3.58. The fraction of sp³-hybridized carbons (Fsp3) is 0.0952. The van der Waals surface area contributed by atoms with Crippen LogP contribution in [0.1, 0.15) is 11.1 Å². The number of carbonyl (C=O) groups excluding carboxylic acids is 1. The number of nitrogens with zero attached hydrogens (tertiary/aromatic N) is 2. The topological polar surface area (TPSA) is 60.8 Å². The minimum absolute atomic E-state index is 0.146. The molecule has 3 aromatic rings. The molecule has 2 aromatic carbocycles. The summed E-state index contributed by atoms with van der Waals surface area (Å²) in [7, 11) is 0. The van der Waals surface area contributed by atoms with E-state index in [4.69, 9.17) is 9.47 Å². The van der Waals surface area contributed by atoms with Crippen LogP contribution in [0.25, 0.3) is 17.0 Å². The van der Waals surface area contributed by atoms with Crippen LogP contribution < -0.4 is 9.47 Å². The van der Waals surface area contributed by atoms with Crippen LogP contribution in [0.3, 0.4) is 0 Å². The molecule has 0 saturated carbocycles. The van der Waals surface area contributed by atoms with Gasteiger partial charge in [0.15, 0.2) is 0 Å². The SMILES string of the molecule is O=C1N=C([As]Cc2ccc3c(c2)OCO3)S/C1=C\c1ccc2ncccc2c1. The van der Waals surface area contributed by atoms with E-state index in [-0.39, 0.29) is 28.5 Å². The van der Waals surface area contributed by atoms with E-state index < -0.39 is 0 Å². The summed E-state index contributed by atoms with van der Waals surface area (Å²) in [5.41, 5.74) is 3.11. The zero-order valence-electron chi connectivity index (χ0n) is 14.7. The molecule has 0 N–H and O–H groups in total. The second-order valence-corrected chi connectivity index (χ2v) is 10.2. The summed E-state index contributed by atoms with van der Waals surface area (Å²) in [4.78, 5) is 21.6. The second-order valence-electron chi connectivity index (χ2n) is 6.27. The summed E-state index contributed by atoms with van der Waals surface area (Å²) in [6.45, 7) is 0.280. The molecule has 0 saturated heterocycles. The first-order chi connectivity index (χ1) is 13.7. The van der Waals surface area contributed by atoms with Crippen molar-refractivity contribution < 1.29 is 14.3 Å². The first-order valence-electron chi connectivity index (χ1n) is 8.68. The quantitative estimate of drug-likeness (QED) is 0.448. The fourth-order valence-electron chi connectivity index (χ4n) is 3.00. The van der Waals surface area contributed by atoms with Crippen LogP contribution in [0.5, 0.6) is 11.5 Å². The molecule has 5 nitrogen and oxygen atoms in total. The predicted molar refractivity (Wildman–Crippen MR) is 112 cm³/mol. The van der Waals surface area contributed by atoms with E-state index in [9.17, 15) is 4.79 Å². The number of amides is 1. The number of hydrogen-bond donors (Lipinski definition) is 0. The van der Waals surface area contributed by atoms with Crippen molar-refractivity contribution >= 4 is 54.2 Å². The van der Waals surface area contributed by atoms with Gasteiger partial charge in [0, 0.05) is 0 Å². The Morgan fingerprint density at radius 2 is 2.04 bits per heavy atom. The van der Waals surface area contributed by atoms with E-state index in [0.29, 0.717) is 4.91 Å². The van der Waals surface area contributed by atoms with Crippen molar-refractivity contribution in [1.29, 1.82) is 0 Å². The third-order valence-electron chi connectivity index (χ3n) is 4.37. The molecule has 1 aromatic heterocycles. The molecule has 0 aliphatic carbocycles. The summed E-state index contributed by atoms with van der Waals surface area (Å²) in [5.74, 6) is 1.44. The molecule has 0 bridgehead atoms. The number of aliphatic imine (C=N–C) groups is 1. The summed E-state index contributed by atoms with van der Waals surface area (Å²) >= 11 is 1.28. The van der Waals surface area contributed by atoms with Gasteiger partial charge in [-0.2, -0.15) is 0 Å². The molecule has 0 atom stereocenters. The van der Waals surface area contributed by atoms with Crippen LogP contribution in [-0.4, -0.2) is 37.3 Å². The van der Waals surface area contributed by atoms with Crippen molar-refractivity contribution in [3.63, 3.8) is 0 Å². The molecule has 0 unspecified atom stereocenters. The van der Waals surface area contributed by atoms with Gasteiger partial charge in [0.1, 0.15) is 0 Å². The number of benzene rings is 2. The Hall–Kier alpha value is -2.56. The van der Waals surface area contributed by atoms with Gasteiger partial charge in [0.2, 0.25) is 0 Å². The molecule has 2 aliphatic rings. The van der Waals surface area contributed by atoms with Crippen LogP contribution >= 0.6 is 11.8 Å². The van der Waals surface area contributed by atoms with Crippen LogP contribution in [0.2, 0.25) is 0 Å². The Morgan fingerprint density at radius 1 is 1.11 bits per heavy atom. The first kappa shape index (κ1) is 17.5. The molecule has 0 spiro atoms. The molecule has 5 rings (SSSR count). The summed E-state index contributed by atoms with van der Waals surface area (Å²) < 4.78 is 11.7. The monoisotopic (exact) mass is 449 g/mol. The molecule has 28 heavy (non-hydrogen) atoms. The van der Waals surface area contributed by atoms with Gasteiger partial charge >= 0.3 is 173 Å². The van der Waals surface area contributed by atoms with Crippen molar-refractivity contribution in [2.75, 3.05) is 6.79 Å². The average Bonchev–Trinajstić information content (AvgIpc) is 3.32. The number of carbonyl (C=O) groups is 1. The van der Waals surface area contributed by atoms with Gasteiger partial charge in [-0.25, -0.2) is 0 Å². The molecular formula is C21H14AsN2O3S. The van der Waals surface area contributed by atoms with E-state index in [2.05, 4.69) is 9.98 Å². The van der Waals surface area contributed by atoms with Gasteiger partial charge < -0.3 is 0 Å². The predicted octanol–water partition coefficient (Wildman–Crippen LogP) is 3.84. The van der Waals surface area contributed by atoms with Gasteiger partial charge in [-0.1, -0.05) is 0 Å². The Labute approximate surface area is 172 Å². The minimum atomic E-state index is -0.217. The number of aromatic nitrogens is 1. The van der Waals surface area contributed by atoms with E-state index in [1.54, 1.807) is 6.20 Å². The Kier molecular flexibility index (Phi) is 4.67. The maximum atomic E-state index is 12.3. The Bertz CT molecular complexity index is 1160. The van der Waals surface area contributed by atoms with Gasteiger partial charge in [-0.3, -0.25) is 0 Å². The van der Waals surface area contributed by atoms with E-state index in [1.807, 2.05) is 54.6 Å². The number of pyridine rings is 1. The molecule has 7 heteroatoms. The molecule has 1 radical (unpaired) electrons. The van der Waals surface area contributed by atoms with Crippen molar-refractivity contribution in [3.05, 3.63) is 70.8 Å². The number of rotatable bonds is 4. The van der Waals surface area contributed by atoms with E-state index in [1.165, 1.54) is 17.3 Å². The molecule has 137 valence electrons. The number of fused-ring (bicyclic) bond motifs is 2. The van der Waals surface area contributed by atoms with E-state index >= 15 is 0 Å². The van der Waals surface area contributed by atoms with Gasteiger partial charge in [-0.15, -0.1) is 0 Å². The van der Waals surface area contributed by atoms with Crippen LogP contribution in [0.4, 0.5) is 0 Å². The van der Waals surface area contributed by atoms with Crippen molar-refractivity contribution in [2.24, 2.45) is 4.99 Å². The summed E-state index contributed by atoms with van der Waals surface area (Å²) in [6, 6.07) is 15.9. The number of hydrogen-bond acceptors (Lipinski definition) is 5. The molecule has 0 fully saturated rings. The Balaban J connectivity index is 1.28. The second kappa shape index (κ2) is 7.45. The van der Waals surface area contributed by atoms with Crippen LogP contribution in [0.15, 0.2) is 64.6 Å². The van der Waals surface area contributed by atoms with Crippen molar-refractivity contribution in [3.8, 4) is 11.5 Å². The molecular weight excluding hydrogens is 435 g/mol. The Morgan fingerprint density at radius 3 is 3.00 bits per heavy atom. The zero-order valence-corrected chi connectivity index (χ0v) is 17.4. The van der Waals surface area contributed by atoms with Gasteiger partial charge in [-0.05, 0) is 0 Å². The fourth-order valence-corrected chi connectivity index (χ4v) is 6.50. The van der Waals surface area contributed by atoms with Crippen molar-refractivity contribution in [1.82, 2.24) is 4.98 Å². The third-order valence-corrected chi connectivity index (χ3v) is 8.27. The van der Waals surface area contributed by atoms with Crippen LogP contribution in [-0.2, 0) is 10.0 Å². The normalized spacial score (nSPS) is 17.2. The standard InChI is InChI=1S/C21H14AsN2O3S/c25-20-19(10-13-3-5-16-15(8-13)2-1-7-23-16)28-21(24-20)22-11-14-4-6-17-18(9-14)27-12-26-17/h1-10H,11-12H2/b19-10-. The maximum absolute atomic E-state index is 12.3. The van der Waals surface area contributed by atoms with Gasteiger partial charge in [0.25, 0.3) is 0 Å². The molecule has 3 heterocycles. The van der Waals surface area contributed by atoms with Gasteiger partial charge in [0.05, 0.1) is 0 Å². The summed E-state index contributed by atoms with van der Waals surface area (Å²) in [6.07, 6.45) is 3.69. The van der Waals surface area contributed by atoms with Crippen LogP contribution in [0, 0.1) is 0 Å². The zero-order chi connectivity index (χ0) is 18.9. The van der Waals surface area contributed by atoms with Crippen molar-refractivity contribution in [2.45, 2.75) is 5.21 Å². The first-order valence-corrected chi connectivity index (χ1v) is 11.8. The number of thioether (sulfide) groups is 1. The van der Waals surface area contributed by atoms with E-state index in [0.717, 1.165) is 37.0 Å².